The number of thiazole rings is 1. The van der Waals surface area contributed by atoms with Crippen LogP contribution in [-0.2, 0) is 9.53 Å². The summed E-state index contributed by atoms with van der Waals surface area (Å²) in [6.45, 7) is 2.94. The van der Waals surface area contributed by atoms with E-state index in [1.54, 1.807) is 0 Å². The van der Waals surface area contributed by atoms with Gasteiger partial charge in [-0.25, -0.2) is 13.8 Å². The Labute approximate surface area is 141 Å². The summed E-state index contributed by atoms with van der Waals surface area (Å²) < 4.78 is 33.3. The molecule has 1 aromatic heterocycles. The Kier molecular flexibility index (Phi) is 4.09. The van der Waals surface area contributed by atoms with Crippen molar-refractivity contribution >= 4 is 32.6 Å². The predicted octanol–water partition coefficient (Wildman–Crippen LogP) is 2.40. The normalized spacial score (nSPS) is 21.7. The summed E-state index contributed by atoms with van der Waals surface area (Å²) >= 11 is 1.23. The molecule has 2 aromatic rings. The fourth-order valence-corrected chi connectivity index (χ4v) is 4.23. The van der Waals surface area contributed by atoms with Crippen LogP contribution in [0.2, 0.25) is 0 Å². The van der Waals surface area contributed by atoms with Gasteiger partial charge in [0.2, 0.25) is 0 Å². The Bertz CT molecular complexity index is 776. The number of carbonyl (C=O) groups is 1. The van der Waals surface area contributed by atoms with Crippen LogP contribution < -0.4 is 4.90 Å². The molecule has 0 radical (unpaired) electrons. The zero-order valence-corrected chi connectivity index (χ0v) is 13.8. The van der Waals surface area contributed by atoms with E-state index >= 15 is 0 Å². The number of hydrogen-bond acceptors (Lipinski definition) is 5. The maximum Gasteiger partial charge on any atom is 0.253 e. The van der Waals surface area contributed by atoms with Gasteiger partial charge in [0.25, 0.3) is 5.91 Å². The molecule has 1 atom stereocenters. The monoisotopic (exact) mass is 353 g/mol. The van der Waals surface area contributed by atoms with Crippen LogP contribution in [0, 0.1) is 11.6 Å². The van der Waals surface area contributed by atoms with E-state index in [9.17, 15) is 13.6 Å². The van der Waals surface area contributed by atoms with Crippen molar-refractivity contribution in [3.05, 3.63) is 23.8 Å². The van der Waals surface area contributed by atoms with Crippen molar-refractivity contribution in [2.45, 2.75) is 18.9 Å². The molecule has 0 N–H and O–H groups in total. The summed E-state index contributed by atoms with van der Waals surface area (Å²) in [5, 5.41) is 0.594. The molecule has 5 nitrogen and oxygen atoms in total. The second-order valence-corrected chi connectivity index (χ2v) is 7.08. The summed E-state index contributed by atoms with van der Waals surface area (Å²) in [5.41, 5.74) is 0.172. The number of morpholine rings is 1. The molecule has 2 aliphatic heterocycles. The van der Waals surface area contributed by atoms with Crippen molar-refractivity contribution in [1.82, 2.24) is 9.88 Å². The first-order valence-electron chi connectivity index (χ1n) is 8.03. The molecular formula is C16H17F2N3O2S. The lowest BCUT2D eigenvalue weighted by Gasteiger charge is -2.33. The molecule has 2 saturated heterocycles. The number of halogens is 2. The number of rotatable bonds is 2. The first-order valence-corrected chi connectivity index (χ1v) is 8.84. The number of nitrogens with zero attached hydrogens (tertiary/aromatic N) is 3. The third-order valence-electron chi connectivity index (χ3n) is 4.43. The number of hydrogen-bond donors (Lipinski definition) is 0. The average molecular weight is 353 g/mol. The van der Waals surface area contributed by atoms with Gasteiger partial charge in [0.15, 0.2) is 17.1 Å². The summed E-state index contributed by atoms with van der Waals surface area (Å²) in [7, 11) is 0. The van der Waals surface area contributed by atoms with Gasteiger partial charge in [-0.1, -0.05) is 11.3 Å². The van der Waals surface area contributed by atoms with Crippen molar-refractivity contribution < 1.29 is 18.3 Å². The quantitative estimate of drug-likeness (QED) is 0.832. The van der Waals surface area contributed by atoms with Gasteiger partial charge in [-0.05, 0) is 18.9 Å². The van der Waals surface area contributed by atoms with Crippen LogP contribution in [0.1, 0.15) is 12.8 Å². The van der Waals surface area contributed by atoms with Crippen LogP contribution in [0.5, 0.6) is 0 Å². The smallest absolute Gasteiger partial charge is 0.253 e. The number of anilines is 1. The number of amides is 1. The van der Waals surface area contributed by atoms with E-state index in [1.165, 1.54) is 17.4 Å². The van der Waals surface area contributed by atoms with Crippen molar-refractivity contribution in [2.24, 2.45) is 0 Å². The molecule has 8 heteroatoms. The molecule has 2 fully saturated rings. The zero-order chi connectivity index (χ0) is 16.7. The number of fused-ring (bicyclic) bond motifs is 1. The third-order valence-corrected chi connectivity index (χ3v) is 5.50. The first-order chi connectivity index (χ1) is 11.6. The highest BCUT2D eigenvalue weighted by molar-refractivity contribution is 7.22. The second kappa shape index (κ2) is 6.25. The minimum Gasteiger partial charge on any atom is -0.365 e. The highest BCUT2D eigenvalue weighted by Crippen LogP contribution is 2.32. The first kappa shape index (κ1) is 15.7. The van der Waals surface area contributed by atoms with E-state index < -0.39 is 17.7 Å². The molecule has 128 valence electrons. The van der Waals surface area contributed by atoms with E-state index in [-0.39, 0.29) is 11.4 Å². The molecule has 0 aliphatic carbocycles. The SMILES string of the molecule is O=C(C1CN(c2nc3c(F)cc(F)cc3s2)CCO1)N1CCCC1. The Morgan fingerprint density at radius 3 is 2.83 bits per heavy atom. The third kappa shape index (κ3) is 2.84. The van der Waals surface area contributed by atoms with Gasteiger partial charge in [-0.15, -0.1) is 0 Å². The van der Waals surface area contributed by atoms with Crippen LogP contribution in [-0.4, -0.2) is 54.7 Å². The van der Waals surface area contributed by atoms with E-state index in [1.807, 2.05) is 9.80 Å². The lowest BCUT2D eigenvalue weighted by molar-refractivity contribution is -0.143. The standard InChI is InChI=1S/C16H17F2N3O2S/c17-10-7-11(18)14-13(8-10)24-16(19-14)21-5-6-23-12(9-21)15(22)20-3-1-2-4-20/h7-8,12H,1-6,9H2. The molecule has 1 amide bonds. The fourth-order valence-electron chi connectivity index (χ4n) is 3.19. The van der Waals surface area contributed by atoms with Crippen LogP contribution in [0.3, 0.4) is 0 Å². The van der Waals surface area contributed by atoms with Gasteiger partial charge in [-0.2, -0.15) is 0 Å². The largest absolute Gasteiger partial charge is 0.365 e. The molecule has 0 saturated carbocycles. The van der Waals surface area contributed by atoms with E-state index in [0.29, 0.717) is 29.5 Å². The van der Waals surface area contributed by atoms with Crippen molar-refractivity contribution in [2.75, 3.05) is 37.7 Å². The van der Waals surface area contributed by atoms with E-state index in [4.69, 9.17) is 4.74 Å². The molecule has 2 aliphatic rings. The fraction of sp³-hybridized carbons (Fsp3) is 0.500. The van der Waals surface area contributed by atoms with Crippen molar-refractivity contribution in [3.8, 4) is 0 Å². The minimum absolute atomic E-state index is 0.00976. The summed E-state index contributed by atoms with van der Waals surface area (Å²) in [4.78, 5) is 20.5. The maximum atomic E-state index is 13.8. The Hall–Kier alpha value is -1.80. The molecular weight excluding hydrogens is 336 g/mol. The number of aromatic nitrogens is 1. The van der Waals surface area contributed by atoms with E-state index in [0.717, 1.165) is 32.0 Å². The molecule has 1 unspecified atom stereocenters. The number of benzene rings is 1. The number of ether oxygens (including phenoxy) is 1. The highest BCUT2D eigenvalue weighted by Gasteiger charge is 2.32. The van der Waals surface area contributed by atoms with Gasteiger partial charge in [-0.3, -0.25) is 4.79 Å². The Morgan fingerprint density at radius 1 is 1.25 bits per heavy atom. The lowest BCUT2D eigenvalue weighted by Crippen LogP contribution is -2.50. The van der Waals surface area contributed by atoms with E-state index in [2.05, 4.69) is 4.98 Å². The maximum absolute atomic E-state index is 13.8. The van der Waals surface area contributed by atoms with Crippen LogP contribution >= 0.6 is 11.3 Å². The topological polar surface area (TPSA) is 45.7 Å². The van der Waals surface area contributed by atoms with Crippen LogP contribution in [0.25, 0.3) is 10.2 Å². The Balaban J connectivity index is 1.55. The van der Waals surface area contributed by atoms with Gasteiger partial charge in [0, 0.05) is 25.7 Å². The second-order valence-electron chi connectivity index (χ2n) is 6.07. The van der Waals surface area contributed by atoms with Crippen LogP contribution in [0.15, 0.2) is 12.1 Å². The molecule has 0 spiro atoms. The summed E-state index contributed by atoms with van der Waals surface area (Å²) in [5.74, 6) is -1.26. The van der Waals surface area contributed by atoms with Gasteiger partial charge >= 0.3 is 0 Å². The molecule has 4 rings (SSSR count). The average Bonchev–Trinajstić information content (AvgIpc) is 3.23. The number of carbonyl (C=O) groups excluding carboxylic acids is 1. The zero-order valence-electron chi connectivity index (χ0n) is 13.0. The van der Waals surface area contributed by atoms with Crippen molar-refractivity contribution in [3.63, 3.8) is 0 Å². The molecule has 1 aromatic carbocycles. The molecule has 0 bridgehead atoms. The van der Waals surface area contributed by atoms with Gasteiger partial charge < -0.3 is 14.5 Å². The molecule has 3 heterocycles. The van der Waals surface area contributed by atoms with Gasteiger partial charge in [0.1, 0.15) is 11.3 Å². The minimum atomic E-state index is -0.662. The summed E-state index contributed by atoms with van der Waals surface area (Å²) in [6, 6.07) is 2.12. The lowest BCUT2D eigenvalue weighted by atomic mass is 10.2. The number of likely N-dealkylation sites (tertiary alicyclic amines) is 1. The summed E-state index contributed by atoms with van der Waals surface area (Å²) in [6.07, 6.45) is 1.54. The predicted molar refractivity (Wildman–Crippen MR) is 87.3 cm³/mol. The molecule has 24 heavy (non-hydrogen) atoms. The van der Waals surface area contributed by atoms with Crippen molar-refractivity contribution in [1.29, 1.82) is 0 Å². The highest BCUT2D eigenvalue weighted by atomic mass is 32.1. The van der Waals surface area contributed by atoms with Crippen LogP contribution in [0.4, 0.5) is 13.9 Å². The van der Waals surface area contributed by atoms with Gasteiger partial charge in [0.05, 0.1) is 17.9 Å². The Morgan fingerprint density at radius 2 is 2.04 bits per heavy atom.